The molecule has 0 radical (unpaired) electrons. The van der Waals surface area contributed by atoms with E-state index in [9.17, 15) is 4.79 Å². The van der Waals surface area contributed by atoms with Crippen molar-refractivity contribution in [3.63, 3.8) is 0 Å². The zero-order valence-electron chi connectivity index (χ0n) is 10.4. The first-order valence-electron chi connectivity index (χ1n) is 6.12. The Morgan fingerprint density at radius 2 is 2.06 bits per heavy atom. The van der Waals surface area contributed by atoms with Crippen LogP contribution in [-0.4, -0.2) is 37.6 Å². The Morgan fingerprint density at radius 1 is 1.35 bits per heavy atom. The average molecular weight is 233 g/mol. The second-order valence-corrected chi connectivity index (χ2v) is 4.60. The molecule has 0 spiro atoms. The number of carbonyl (C=O) groups excluding carboxylic acids is 1. The fraction of sp³-hybridized carbons (Fsp3) is 0.500. The van der Waals surface area contributed by atoms with Gasteiger partial charge in [0.05, 0.1) is 12.5 Å². The summed E-state index contributed by atoms with van der Waals surface area (Å²) in [5, 5.41) is 0. The van der Waals surface area contributed by atoms with Gasteiger partial charge in [-0.05, 0) is 19.5 Å². The minimum atomic E-state index is -0.0642. The molecule has 17 heavy (non-hydrogen) atoms. The molecule has 1 fully saturated rings. The highest BCUT2D eigenvalue weighted by Gasteiger charge is 2.37. The molecule has 92 valence electrons. The Labute approximate surface area is 102 Å². The molecule has 1 heterocycles. The predicted octanol–water partition coefficient (Wildman–Crippen LogP) is 1.89. The van der Waals surface area contributed by atoms with Crippen LogP contribution in [0.4, 0.5) is 0 Å². The molecule has 2 rings (SSSR count). The summed E-state index contributed by atoms with van der Waals surface area (Å²) in [4.78, 5) is 14.1. The molecular formula is C14H19NO2. The normalized spacial score (nSPS) is 24.8. The lowest BCUT2D eigenvalue weighted by atomic mass is 9.89. The quantitative estimate of drug-likeness (QED) is 0.747. The van der Waals surface area contributed by atoms with E-state index in [1.165, 1.54) is 5.56 Å². The fourth-order valence-electron chi connectivity index (χ4n) is 2.53. The van der Waals surface area contributed by atoms with Gasteiger partial charge < -0.3 is 9.64 Å². The molecular weight excluding hydrogens is 214 g/mol. The van der Waals surface area contributed by atoms with Gasteiger partial charge in [0.1, 0.15) is 0 Å². The molecule has 0 saturated carbocycles. The maximum absolute atomic E-state index is 11.9. The van der Waals surface area contributed by atoms with Crippen molar-refractivity contribution in [2.75, 3.05) is 26.7 Å². The minimum absolute atomic E-state index is 0.0256. The van der Waals surface area contributed by atoms with Crippen LogP contribution in [0.15, 0.2) is 30.3 Å². The number of likely N-dealkylation sites (N-methyl/N-ethyl adjacent to an activating group) is 1. The van der Waals surface area contributed by atoms with Gasteiger partial charge in [-0.15, -0.1) is 0 Å². The van der Waals surface area contributed by atoms with Crippen LogP contribution in [0, 0.1) is 5.92 Å². The molecule has 1 saturated heterocycles. The van der Waals surface area contributed by atoms with Gasteiger partial charge in [0.15, 0.2) is 0 Å². The summed E-state index contributed by atoms with van der Waals surface area (Å²) in [6.07, 6.45) is 0. The Kier molecular flexibility index (Phi) is 3.79. The molecule has 0 aromatic heterocycles. The summed E-state index contributed by atoms with van der Waals surface area (Å²) < 4.78 is 5.16. The lowest BCUT2D eigenvalue weighted by molar-refractivity contribution is -0.147. The molecule has 0 amide bonds. The van der Waals surface area contributed by atoms with Gasteiger partial charge in [0, 0.05) is 19.0 Å². The second kappa shape index (κ2) is 5.32. The molecule has 1 aromatic rings. The van der Waals surface area contributed by atoms with Crippen LogP contribution >= 0.6 is 0 Å². The monoisotopic (exact) mass is 233 g/mol. The van der Waals surface area contributed by atoms with Gasteiger partial charge in [-0.25, -0.2) is 0 Å². The zero-order chi connectivity index (χ0) is 12.3. The van der Waals surface area contributed by atoms with E-state index in [1.807, 2.05) is 25.1 Å². The van der Waals surface area contributed by atoms with E-state index in [0.29, 0.717) is 6.61 Å². The van der Waals surface area contributed by atoms with Gasteiger partial charge in [0.2, 0.25) is 0 Å². The number of hydrogen-bond acceptors (Lipinski definition) is 3. The SMILES string of the molecule is CCOC(=O)[C@@H]1CN(C)C[C@H]1c1ccccc1. The van der Waals surface area contributed by atoms with Crippen LogP contribution < -0.4 is 0 Å². The standard InChI is InChI=1S/C14H19NO2/c1-3-17-14(16)13-10-15(2)9-12(13)11-7-5-4-6-8-11/h4-8,12-13H,3,9-10H2,1-2H3/t12-,13+/m0/s1. The summed E-state index contributed by atoms with van der Waals surface area (Å²) >= 11 is 0. The van der Waals surface area contributed by atoms with E-state index < -0.39 is 0 Å². The fourth-order valence-corrected chi connectivity index (χ4v) is 2.53. The summed E-state index contributed by atoms with van der Waals surface area (Å²) in [6.45, 7) is 4.03. The van der Waals surface area contributed by atoms with Crippen molar-refractivity contribution in [3.8, 4) is 0 Å². The molecule has 0 unspecified atom stereocenters. The van der Waals surface area contributed by atoms with Gasteiger partial charge in [-0.1, -0.05) is 30.3 Å². The molecule has 0 bridgehead atoms. The maximum Gasteiger partial charge on any atom is 0.310 e. The molecule has 0 N–H and O–H groups in total. The van der Waals surface area contributed by atoms with Crippen molar-refractivity contribution in [1.29, 1.82) is 0 Å². The highest BCUT2D eigenvalue weighted by atomic mass is 16.5. The average Bonchev–Trinajstić information content (AvgIpc) is 2.73. The summed E-state index contributed by atoms with van der Waals surface area (Å²) in [5.74, 6) is 0.174. The number of rotatable bonds is 3. The number of carbonyl (C=O) groups is 1. The third-order valence-electron chi connectivity index (χ3n) is 3.32. The Balaban J connectivity index is 2.17. The maximum atomic E-state index is 11.9. The Bertz CT molecular complexity index is 377. The second-order valence-electron chi connectivity index (χ2n) is 4.60. The molecule has 1 aliphatic rings. The summed E-state index contributed by atoms with van der Waals surface area (Å²) in [5.41, 5.74) is 1.23. The van der Waals surface area contributed by atoms with E-state index in [1.54, 1.807) is 0 Å². The Hall–Kier alpha value is -1.35. The van der Waals surface area contributed by atoms with Crippen LogP contribution in [0.2, 0.25) is 0 Å². The first-order chi connectivity index (χ1) is 8.22. The highest BCUT2D eigenvalue weighted by Crippen LogP contribution is 2.32. The highest BCUT2D eigenvalue weighted by molar-refractivity contribution is 5.74. The van der Waals surface area contributed by atoms with Crippen LogP contribution in [0.3, 0.4) is 0 Å². The lowest BCUT2D eigenvalue weighted by Gasteiger charge is -2.17. The summed E-state index contributed by atoms with van der Waals surface area (Å²) in [7, 11) is 2.05. The minimum Gasteiger partial charge on any atom is -0.466 e. The van der Waals surface area contributed by atoms with Crippen molar-refractivity contribution in [1.82, 2.24) is 4.90 Å². The number of likely N-dealkylation sites (tertiary alicyclic amines) is 1. The molecule has 0 aliphatic carbocycles. The van der Waals surface area contributed by atoms with Gasteiger partial charge in [-0.3, -0.25) is 4.79 Å². The molecule has 3 nitrogen and oxygen atoms in total. The molecule has 3 heteroatoms. The van der Waals surface area contributed by atoms with E-state index in [0.717, 1.165) is 13.1 Å². The van der Waals surface area contributed by atoms with Crippen molar-refractivity contribution in [3.05, 3.63) is 35.9 Å². The van der Waals surface area contributed by atoms with Crippen LogP contribution in [-0.2, 0) is 9.53 Å². The van der Waals surface area contributed by atoms with Crippen LogP contribution in [0.5, 0.6) is 0 Å². The van der Waals surface area contributed by atoms with Crippen molar-refractivity contribution < 1.29 is 9.53 Å². The zero-order valence-corrected chi connectivity index (χ0v) is 10.4. The summed E-state index contributed by atoms with van der Waals surface area (Å²) in [6, 6.07) is 10.2. The van der Waals surface area contributed by atoms with Crippen molar-refractivity contribution in [2.24, 2.45) is 5.92 Å². The molecule has 1 aromatic carbocycles. The predicted molar refractivity (Wildman–Crippen MR) is 66.8 cm³/mol. The van der Waals surface area contributed by atoms with E-state index in [4.69, 9.17) is 4.74 Å². The first kappa shape index (κ1) is 12.1. The Morgan fingerprint density at radius 3 is 2.71 bits per heavy atom. The van der Waals surface area contributed by atoms with Crippen LogP contribution in [0.25, 0.3) is 0 Å². The van der Waals surface area contributed by atoms with Gasteiger partial charge in [0.25, 0.3) is 0 Å². The smallest absolute Gasteiger partial charge is 0.310 e. The van der Waals surface area contributed by atoms with E-state index in [2.05, 4.69) is 24.1 Å². The molecule has 1 aliphatic heterocycles. The largest absolute Gasteiger partial charge is 0.466 e. The van der Waals surface area contributed by atoms with Crippen molar-refractivity contribution in [2.45, 2.75) is 12.8 Å². The lowest BCUT2D eigenvalue weighted by Crippen LogP contribution is -2.24. The third kappa shape index (κ3) is 2.67. The topological polar surface area (TPSA) is 29.5 Å². The van der Waals surface area contributed by atoms with Crippen molar-refractivity contribution >= 4 is 5.97 Å². The number of esters is 1. The number of nitrogens with zero attached hydrogens (tertiary/aromatic N) is 1. The third-order valence-corrected chi connectivity index (χ3v) is 3.32. The van der Waals surface area contributed by atoms with Gasteiger partial charge in [-0.2, -0.15) is 0 Å². The van der Waals surface area contributed by atoms with Crippen LogP contribution in [0.1, 0.15) is 18.4 Å². The van der Waals surface area contributed by atoms with E-state index >= 15 is 0 Å². The first-order valence-corrected chi connectivity index (χ1v) is 6.12. The number of hydrogen-bond donors (Lipinski definition) is 0. The molecule has 2 atom stereocenters. The number of ether oxygens (including phenoxy) is 1. The number of benzene rings is 1. The van der Waals surface area contributed by atoms with Gasteiger partial charge >= 0.3 is 5.97 Å². The van der Waals surface area contributed by atoms with E-state index in [-0.39, 0.29) is 17.8 Å².